The zero-order chi connectivity index (χ0) is 22.8. The Bertz CT molecular complexity index is 973. The van der Waals surface area contributed by atoms with Crippen molar-refractivity contribution in [1.82, 2.24) is 15.5 Å². The number of benzene rings is 2. The molecular weight excluding hydrogens is 414 g/mol. The molecule has 7 heteroatoms. The number of urea groups is 1. The Morgan fingerprint density at radius 2 is 1.68 bits per heavy atom. The molecule has 1 heterocycles. The second-order valence-electron chi connectivity index (χ2n) is 8.58. The summed E-state index contributed by atoms with van der Waals surface area (Å²) < 4.78 is 0. The number of carbonyl (C=O) groups is 3. The smallest absolute Gasteiger partial charge is 0.325 e. The summed E-state index contributed by atoms with van der Waals surface area (Å²) in [4.78, 5) is 38.9. The molecule has 0 unspecified atom stereocenters. The number of hydrogen-bond acceptors (Lipinski definition) is 3. The van der Waals surface area contributed by atoms with E-state index in [4.69, 9.17) is 11.6 Å². The van der Waals surface area contributed by atoms with Gasteiger partial charge in [0.15, 0.2) is 0 Å². The first-order valence-corrected chi connectivity index (χ1v) is 10.8. The lowest BCUT2D eigenvalue weighted by atomic mass is 9.92. The van der Waals surface area contributed by atoms with Crippen molar-refractivity contribution in [2.75, 3.05) is 6.54 Å². The van der Waals surface area contributed by atoms with Gasteiger partial charge in [0.1, 0.15) is 12.1 Å². The van der Waals surface area contributed by atoms with Crippen molar-refractivity contribution in [3.63, 3.8) is 0 Å². The lowest BCUT2D eigenvalue weighted by Gasteiger charge is -2.22. The minimum absolute atomic E-state index is 0.246. The number of hydrogen-bond donors (Lipinski definition) is 2. The van der Waals surface area contributed by atoms with E-state index >= 15 is 0 Å². The maximum Gasteiger partial charge on any atom is 0.325 e. The number of amides is 4. The van der Waals surface area contributed by atoms with Crippen molar-refractivity contribution in [2.45, 2.75) is 45.7 Å². The Balaban J connectivity index is 1.64. The number of halogens is 1. The van der Waals surface area contributed by atoms with Crippen LogP contribution in [0.25, 0.3) is 0 Å². The SMILES string of the molecule is CC(C)Cc1ccc([C@H](C)NC(=O)CN2C(=O)N[C@](C)(c3ccc(Cl)cc3)C2=O)cc1. The molecule has 0 radical (unpaired) electrons. The largest absolute Gasteiger partial charge is 0.348 e. The maximum absolute atomic E-state index is 13.0. The van der Waals surface area contributed by atoms with Gasteiger partial charge in [-0.15, -0.1) is 0 Å². The fourth-order valence-electron chi connectivity index (χ4n) is 3.75. The number of nitrogens with zero attached hydrogens (tertiary/aromatic N) is 1. The lowest BCUT2D eigenvalue weighted by molar-refractivity contribution is -0.135. The third-order valence-corrected chi connectivity index (χ3v) is 5.75. The molecule has 1 aliphatic heterocycles. The van der Waals surface area contributed by atoms with Crippen LogP contribution in [-0.4, -0.2) is 29.3 Å². The fourth-order valence-corrected chi connectivity index (χ4v) is 3.87. The van der Waals surface area contributed by atoms with Crippen LogP contribution in [0.5, 0.6) is 0 Å². The maximum atomic E-state index is 13.0. The second-order valence-corrected chi connectivity index (χ2v) is 9.02. The van der Waals surface area contributed by atoms with E-state index in [-0.39, 0.29) is 12.6 Å². The van der Waals surface area contributed by atoms with Crippen LogP contribution in [0.4, 0.5) is 4.79 Å². The van der Waals surface area contributed by atoms with Crippen molar-refractivity contribution in [1.29, 1.82) is 0 Å². The molecule has 3 rings (SSSR count). The third kappa shape index (κ3) is 5.07. The summed E-state index contributed by atoms with van der Waals surface area (Å²) >= 11 is 5.92. The van der Waals surface area contributed by atoms with Gasteiger partial charge in [-0.25, -0.2) is 4.79 Å². The highest BCUT2D eigenvalue weighted by Crippen LogP contribution is 2.29. The first-order valence-electron chi connectivity index (χ1n) is 10.4. The molecule has 4 amide bonds. The minimum atomic E-state index is -1.24. The molecular formula is C24H28ClN3O3. The number of carbonyl (C=O) groups excluding carboxylic acids is 3. The molecule has 164 valence electrons. The molecule has 2 aromatic rings. The predicted molar refractivity (Wildman–Crippen MR) is 121 cm³/mol. The quantitative estimate of drug-likeness (QED) is 0.632. The summed E-state index contributed by atoms with van der Waals surface area (Å²) in [7, 11) is 0. The van der Waals surface area contributed by atoms with Gasteiger partial charge in [0.2, 0.25) is 5.91 Å². The predicted octanol–water partition coefficient (Wildman–Crippen LogP) is 4.18. The van der Waals surface area contributed by atoms with Gasteiger partial charge in [-0.05, 0) is 55.0 Å². The highest BCUT2D eigenvalue weighted by atomic mass is 35.5. The van der Waals surface area contributed by atoms with Crippen molar-refractivity contribution in [3.05, 3.63) is 70.2 Å². The average Bonchev–Trinajstić information content (AvgIpc) is 2.92. The van der Waals surface area contributed by atoms with Gasteiger partial charge in [0.05, 0.1) is 6.04 Å². The summed E-state index contributed by atoms with van der Waals surface area (Å²) in [6.45, 7) is 7.49. The van der Waals surface area contributed by atoms with Crippen LogP contribution in [0.15, 0.2) is 48.5 Å². The van der Waals surface area contributed by atoms with Gasteiger partial charge in [-0.3, -0.25) is 14.5 Å². The van der Waals surface area contributed by atoms with Crippen molar-refractivity contribution in [3.8, 4) is 0 Å². The van der Waals surface area contributed by atoms with Gasteiger partial charge in [-0.1, -0.05) is 61.8 Å². The third-order valence-electron chi connectivity index (χ3n) is 5.50. The molecule has 1 saturated heterocycles. The Morgan fingerprint density at radius 3 is 2.26 bits per heavy atom. The molecule has 1 aliphatic rings. The lowest BCUT2D eigenvalue weighted by Crippen LogP contribution is -2.43. The topological polar surface area (TPSA) is 78.5 Å². The first kappa shape index (κ1) is 22.8. The standard InChI is InChI=1S/C24H28ClN3O3/c1-15(2)13-17-5-7-18(8-6-17)16(3)26-21(29)14-28-22(30)24(4,27-23(28)31)19-9-11-20(25)12-10-19/h5-12,15-16H,13-14H2,1-4H3,(H,26,29)(H,27,31)/t16-,24+/m0/s1. The van der Waals surface area contributed by atoms with E-state index in [2.05, 4.69) is 36.6 Å². The second kappa shape index (κ2) is 9.10. The summed E-state index contributed by atoms with van der Waals surface area (Å²) in [6, 6.07) is 14.0. The van der Waals surface area contributed by atoms with E-state index in [1.54, 1.807) is 31.2 Å². The molecule has 0 bridgehead atoms. The number of rotatable bonds is 7. The van der Waals surface area contributed by atoms with Crippen molar-refractivity contribution >= 4 is 29.4 Å². The van der Waals surface area contributed by atoms with Crippen LogP contribution in [0.2, 0.25) is 5.02 Å². The Morgan fingerprint density at radius 1 is 1.06 bits per heavy atom. The van der Waals surface area contributed by atoms with E-state index in [1.165, 1.54) is 5.56 Å². The minimum Gasteiger partial charge on any atom is -0.348 e. The summed E-state index contributed by atoms with van der Waals surface area (Å²) in [6.07, 6.45) is 1.000. The molecule has 2 aromatic carbocycles. The van der Waals surface area contributed by atoms with E-state index < -0.39 is 23.4 Å². The number of nitrogens with one attached hydrogen (secondary N) is 2. The summed E-state index contributed by atoms with van der Waals surface area (Å²) in [5.41, 5.74) is 1.58. The van der Waals surface area contributed by atoms with Gasteiger partial charge in [0.25, 0.3) is 5.91 Å². The van der Waals surface area contributed by atoms with Gasteiger partial charge in [0, 0.05) is 5.02 Å². The molecule has 0 aromatic heterocycles. The van der Waals surface area contributed by atoms with E-state index in [9.17, 15) is 14.4 Å². The van der Waals surface area contributed by atoms with Crippen LogP contribution in [-0.2, 0) is 21.5 Å². The van der Waals surface area contributed by atoms with E-state index in [1.807, 2.05) is 19.1 Å². The van der Waals surface area contributed by atoms with Gasteiger partial charge in [-0.2, -0.15) is 0 Å². The fraction of sp³-hybridized carbons (Fsp3) is 0.375. The molecule has 2 atom stereocenters. The summed E-state index contributed by atoms with van der Waals surface area (Å²) in [5.74, 6) is -0.297. The van der Waals surface area contributed by atoms with Gasteiger partial charge < -0.3 is 10.6 Å². The van der Waals surface area contributed by atoms with Crippen LogP contribution in [0, 0.1) is 5.92 Å². The van der Waals surface area contributed by atoms with E-state index in [0.717, 1.165) is 16.9 Å². The van der Waals surface area contributed by atoms with Crippen LogP contribution in [0.1, 0.15) is 50.4 Å². The van der Waals surface area contributed by atoms with Crippen molar-refractivity contribution in [2.24, 2.45) is 5.92 Å². The highest BCUT2D eigenvalue weighted by Gasteiger charge is 2.49. The van der Waals surface area contributed by atoms with Gasteiger partial charge >= 0.3 is 6.03 Å². The zero-order valence-electron chi connectivity index (χ0n) is 18.2. The molecule has 0 spiro atoms. The zero-order valence-corrected chi connectivity index (χ0v) is 19.0. The molecule has 1 fully saturated rings. The van der Waals surface area contributed by atoms with Crippen LogP contribution < -0.4 is 10.6 Å². The molecule has 2 N–H and O–H groups in total. The monoisotopic (exact) mass is 441 g/mol. The number of imide groups is 1. The Hall–Kier alpha value is -2.86. The Kier molecular flexibility index (Phi) is 6.70. The normalized spacial score (nSPS) is 19.5. The van der Waals surface area contributed by atoms with Crippen molar-refractivity contribution < 1.29 is 14.4 Å². The first-order chi connectivity index (χ1) is 14.6. The Labute approximate surface area is 188 Å². The average molecular weight is 442 g/mol. The molecule has 0 saturated carbocycles. The van der Waals surface area contributed by atoms with Crippen LogP contribution in [0.3, 0.4) is 0 Å². The van der Waals surface area contributed by atoms with E-state index in [0.29, 0.717) is 16.5 Å². The summed E-state index contributed by atoms with van der Waals surface area (Å²) in [5, 5.41) is 6.09. The van der Waals surface area contributed by atoms with Crippen LogP contribution >= 0.6 is 11.6 Å². The molecule has 6 nitrogen and oxygen atoms in total. The highest BCUT2D eigenvalue weighted by molar-refractivity contribution is 6.30. The molecule has 0 aliphatic carbocycles. The molecule has 31 heavy (non-hydrogen) atoms.